The summed E-state index contributed by atoms with van der Waals surface area (Å²) in [6, 6.07) is 2.16. The number of aromatic nitrogens is 3. The van der Waals surface area contributed by atoms with Gasteiger partial charge in [0, 0.05) is 19.1 Å². The Morgan fingerprint density at radius 3 is 3.12 bits per heavy atom. The highest BCUT2D eigenvalue weighted by Crippen LogP contribution is 2.29. The summed E-state index contributed by atoms with van der Waals surface area (Å²) in [5.41, 5.74) is 2.01. The number of aryl methyl sites for hydroxylation is 1. The van der Waals surface area contributed by atoms with Gasteiger partial charge in [0.2, 0.25) is 0 Å². The number of carbonyl (C=O) groups excluding carboxylic acids is 1. The number of halogens is 1. The first-order valence-electron chi connectivity index (χ1n) is 8.14. The van der Waals surface area contributed by atoms with E-state index in [0.717, 1.165) is 25.1 Å². The number of carbonyl (C=O) groups is 1. The standard InChI is InChI=1S/C16H19ClN6OS/c1-9(2)21-15(24)12-8-20-23-4-3-10(5-13(12)23)7-19-16-11(6-18)14(17)22-25-16/h8-10,19H,3-5,7H2,1-2H3,(H,21,24)/t10-/m1/s1. The van der Waals surface area contributed by atoms with E-state index in [1.54, 1.807) is 6.20 Å². The topological polar surface area (TPSA) is 95.6 Å². The normalized spacial score (nSPS) is 16.4. The maximum atomic E-state index is 12.3. The van der Waals surface area contributed by atoms with Crippen LogP contribution in [0.5, 0.6) is 0 Å². The van der Waals surface area contributed by atoms with Crippen molar-refractivity contribution in [2.45, 2.75) is 39.3 Å². The van der Waals surface area contributed by atoms with Gasteiger partial charge in [-0.25, -0.2) is 0 Å². The summed E-state index contributed by atoms with van der Waals surface area (Å²) < 4.78 is 5.91. The summed E-state index contributed by atoms with van der Waals surface area (Å²) in [4.78, 5) is 12.3. The minimum Gasteiger partial charge on any atom is -0.374 e. The van der Waals surface area contributed by atoms with E-state index in [1.807, 2.05) is 18.5 Å². The second-order valence-corrected chi connectivity index (χ2v) is 7.52. The summed E-state index contributed by atoms with van der Waals surface area (Å²) >= 11 is 7.09. The predicted molar refractivity (Wildman–Crippen MR) is 97.0 cm³/mol. The third-order valence-corrected chi connectivity index (χ3v) is 5.34. The summed E-state index contributed by atoms with van der Waals surface area (Å²) in [7, 11) is 0. The maximum absolute atomic E-state index is 12.3. The smallest absolute Gasteiger partial charge is 0.254 e. The summed E-state index contributed by atoms with van der Waals surface area (Å²) in [6.07, 6.45) is 3.38. The minimum absolute atomic E-state index is 0.0779. The first-order chi connectivity index (χ1) is 12.0. The van der Waals surface area contributed by atoms with Crippen LogP contribution in [-0.4, -0.2) is 32.6 Å². The van der Waals surface area contributed by atoms with E-state index in [1.165, 1.54) is 11.5 Å². The molecule has 0 spiro atoms. The average Bonchev–Trinajstić information content (AvgIpc) is 3.14. The summed E-state index contributed by atoms with van der Waals surface area (Å²) in [5.74, 6) is 0.271. The van der Waals surface area contributed by atoms with Crippen molar-refractivity contribution in [3.05, 3.63) is 28.2 Å². The van der Waals surface area contributed by atoms with Crippen LogP contribution in [0.2, 0.25) is 5.15 Å². The Kier molecular flexibility index (Phi) is 5.25. The predicted octanol–water partition coefficient (Wildman–Crippen LogP) is 2.68. The molecule has 0 fully saturated rings. The second-order valence-electron chi connectivity index (χ2n) is 6.39. The number of hydrogen-bond acceptors (Lipinski definition) is 6. The van der Waals surface area contributed by atoms with Crippen molar-refractivity contribution in [2.75, 3.05) is 11.9 Å². The molecule has 0 saturated carbocycles. The Hall–Kier alpha value is -2.11. The molecule has 0 radical (unpaired) electrons. The summed E-state index contributed by atoms with van der Waals surface area (Å²) in [5, 5.41) is 20.6. The number of nitrogens with zero attached hydrogens (tertiary/aromatic N) is 4. The molecular formula is C16H19ClN6OS. The van der Waals surface area contributed by atoms with Crippen molar-refractivity contribution < 1.29 is 4.79 Å². The van der Waals surface area contributed by atoms with Gasteiger partial charge in [-0.3, -0.25) is 9.48 Å². The first-order valence-corrected chi connectivity index (χ1v) is 9.29. The molecule has 3 rings (SSSR count). The van der Waals surface area contributed by atoms with Gasteiger partial charge in [0.25, 0.3) is 5.91 Å². The van der Waals surface area contributed by atoms with Crippen LogP contribution >= 0.6 is 23.1 Å². The Morgan fingerprint density at radius 1 is 1.60 bits per heavy atom. The lowest BCUT2D eigenvalue weighted by atomic mass is 9.94. The molecule has 0 saturated heterocycles. The molecule has 2 aromatic heterocycles. The zero-order valence-corrected chi connectivity index (χ0v) is 15.6. The van der Waals surface area contributed by atoms with Crippen LogP contribution in [0.3, 0.4) is 0 Å². The molecule has 1 amide bonds. The minimum atomic E-state index is -0.0779. The van der Waals surface area contributed by atoms with Gasteiger partial charge in [-0.2, -0.15) is 14.7 Å². The van der Waals surface area contributed by atoms with Gasteiger partial charge in [0.05, 0.1) is 17.5 Å². The average molecular weight is 379 g/mol. The van der Waals surface area contributed by atoms with Crippen molar-refractivity contribution >= 4 is 34.0 Å². The van der Waals surface area contributed by atoms with Gasteiger partial charge >= 0.3 is 0 Å². The lowest BCUT2D eigenvalue weighted by Crippen LogP contribution is -2.32. The number of anilines is 1. The fraction of sp³-hybridized carbons (Fsp3) is 0.500. The molecule has 1 aliphatic rings. The fourth-order valence-electron chi connectivity index (χ4n) is 2.93. The third-order valence-electron chi connectivity index (χ3n) is 4.16. The van der Waals surface area contributed by atoms with E-state index in [4.69, 9.17) is 16.9 Å². The van der Waals surface area contributed by atoms with E-state index < -0.39 is 0 Å². The Morgan fingerprint density at radius 2 is 2.40 bits per heavy atom. The molecule has 2 aromatic rings. The Labute approximate surface area is 155 Å². The SMILES string of the molecule is CC(C)NC(=O)c1cnn2c1C[C@H](CNc1snc(Cl)c1C#N)CC2. The molecule has 25 heavy (non-hydrogen) atoms. The number of fused-ring (bicyclic) bond motifs is 1. The van der Waals surface area contributed by atoms with Crippen LogP contribution in [0.25, 0.3) is 0 Å². The zero-order valence-electron chi connectivity index (χ0n) is 14.0. The van der Waals surface area contributed by atoms with E-state index in [2.05, 4.69) is 26.2 Å². The van der Waals surface area contributed by atoms with Gasteiger partial charge in [0.1, 0.15) is 16.6 Å². The van der Waals surface area contributed by atoms with Gasteiger partial charge in [0.15, 0.2) is 5.15 Å². The van der Waals surface area contributed by atoms with Crippen LogP contribution in [0.15, 0.2) is 6.20 Å². The van der Waals surface area contributed by atoms with Crippen molar-refractivity contribution in [1.82, 2.24) is 19.5 Å². The molecular weight excluding hydrogens is 360 g/mol. The monoisotopic (exact) mass is 378 g/mol. The molecule has 9 heteroatoms. The quantitative estimate of drug-likeness (QED) is 0.833. The van der Waals surface area contributed by atoms with Crippen LogP contribution in [0.4, 0.5) is 5.00 Å². The van der Waals surface area contributed by atoms with Crippen molar-refractivity contribution in [3.8, 4) is 6.07 Å². The van der Waals surface area contributed by atoms with Crippen LogP contribution in [0.1, 0.15) is 41.9 Å². The molecule has 3 heterocycles. The highest BCUT2D eigenvalue weighted by Gasteiger charge is 2.26. The molecule has 1 aliphatic heterocycles. The highest BCUT2D eigenvalue weighted by molar-refractivity contribution is 7.10. The highest BCUT2D eigenvalue weighted by atomic mass is 35.5. The van der Waals surface area contributed by atoms with Crippen LogP contribution < -0.4 is 10.6 Å². The third kappa shape index (κ3) is 3.78. The lowest BCUT2D eigenvalue weighted by molar-refractivity contribution is 0.0941. The van der Waals surface area contributed by atoms with Crippen molar-refractivity contribution in [3.63, 3.8) is 0 Å². The van der Waals surface area contributed by atoms with E-state index in [9.17, 15) is 4.79 Å². The Bertz CT molecular complexity index is 821. The van der Waals surface area contributed by atoms with Gasteiger partial charge in [-0.1, -0.05) is 11.6 Å². The zero-order chi connectivity index (χ0) is 18.0. The van der Waals surface area contributed by atoms with Gasteiger partial charge < -0.3 is 10.6 Å². The largest absolute Gasteiger partial charge is 0.374 e. The number of hydrogen-bond donors (Lipinski definition) is 2. The van der Waals surface area contributed by atoms with E-state index in [-0.39, 0.29) is 17.1 Å². The second kappa shape index (κ2) is 7.42. The maximum Gasteiger partial charge on any atom is 0.254 e. The Balaban J connectivity index is 1.67. The van der Waals surface area contributed by atoms with Crippen molar-refractivity contribution in [2.24, 2.45) is 5.92 Å². The fourth-order valence-corrected chi connectivity index (χ4v) is 3.87. The molecule has 132 valence electrons. The van der Waals surface area contributed by atoms with Gasteiger partial charge in [-0.05, 0) is 44.1 Å². The molecule has 2 N–H and O–H groups in total. The van der Waals surface area contributed by atoms with Crippen molar-refractivity contribution in [1.29, 1.82) is 5.26 Å². The van der Waals surface area contributed by atoms with E-state index >= 15 is 0 Å². The molecule has 0 aromatic carbocycles. The number of nitrogens with one attached hydrogen (secondary N) is 2. The van der Waals surface area contributed by atoms with Crippen LogP contribution in [0, 0.1) is 17.2 Å². The molecule has 0 bridgehead atoms. The van der Waals surface area contributed by atoms with Crippen LogP contribution in [-0.2, 0) is 13.0 Å². The molecule has 7 nitrogen and oxygen atoms in total. The number of nitriles is 1. The number of amides is 1. The van der Waals surface area contributed by atoms with E-state index in [0.29, 0.717) is 28.6 Å². The molecule has 1 atom stereocenters. The molecule has 0 unspecified atom stereocenters. The number of rotatable bonds is 5. The summed E-state index contributed by atoms with van der Waals surface area (Å²) in [6.45, 7) is 5.36. The van der Waals surface area contributed by atoms with Gasteiger partial charge in [-0.15, -0.1) is 0 Å². The lowest BCUT2D eigenvalue weighted by Gasteiger charge is -2.24. The molecule has 0 aliphatic carbocycles. The first kappa shape index (κ1) is 17.7.